The Bertz CT molecular complexity index is 644. The third-order valence-electron chi connectivity index (χ3n) is 4.23. The van der Waals surface area contributed by atoms with Gasteiger partial charge in [-0.1, -0.05) is 24.6 Å². The highest BCUT2D eigenvalue weighted by Gasteiger charge is 2.25. The fourth-order valence-electron chi connectivity index (χ4n) is 3.11. The molecule has 3 nitrogen and oxygen atoms in total. The molecule has 5 heteroatoms. The average molecular weight is 332 g/mol. The lowest BCUT2D eigenvalue weighted by Crippen LogP contribution is -2.41. The Labute approximate surface area is 140 Å². The van der Waals surface area contributed by atoms with Crippen molar-refractivity contribution in [3.05, 3.63) is 58.0 Å². The number of carbonyl (C=O) groups is 1. The van der Waals surface area contributed by atoms with Gasteiger partial charge in [0.15, 0.2) is 0 Å². The monoisotopic (exact) mass is 332 g/mol. The average Bonchev–Trinajstić information content (AvgIpc) is 3.07. The summed E-state index contributed by atoms with van der Waals surface area (Å²) in [6, 6.07) is 10.9. The molecule has 2 aromatic rings. The topological polar surface area (TPSA) is 32.3 Å². The van der Waals surface area contributed by atoms with E-state index >= 15 is 0 Å². The molecule has 1 aliphatic heterocycles. The second-order valence-corrected chi connectivity index (χ2v) is 6.93. The molecular weight excluding hydrogens is 311 g/mol. The standard InChI is InChI=1S/C18H21FN2OS/c19-15-6-3-5-14(11-15)17-8-1-2-9-21(17)13-18(22)20-12-16-7-4-10-23-16/h3-7,10-11,17H,1-2,8-9,12-13H2,(H,20,22)/t17-/m0/s1. The van der Waals surface area contributed by atoms with Crippen LogP contribution in [-0.2, 0) is 11.3 Å². The van der Waals surface area contributed by atoms with Crippen molar-refractivity contribution < 1.29 is 9.18 Å². The third-order valence-corrected chi connectivity index (χ3v) is 5.11. The van der Waals surface area contributed by atoms with Gasteiger partial charge >= 0.3 is 0 Å². The zero-order chi connectivity index (χ0) is 16.1. The van der Waals surface area contributed by atoms with Crippen LogP contribution in [0.4, 0.5) is 4.39 Å². The van der Waals surface area contributed by atoms with E-state index in [0.717, 1.165) is 36.2 Å². The normalized spacial score (nSPS) is 18.7. The Morgan fingerprint density at radius 1 is 1.30 bits per heavy atom. The van der Waals surface area contributed by atoms with E-state index in [4.69, 9.17) is 0 Å². The van der Waals surface area contributed by atoms with Crippen molar-refractivity contribution in [2.24, 2.45) is 0 Å². The third kappa shape index (κ3) is 4.39. The molecule has 1 atom stereocenters. The van der Waals surface area contributed by atoms with E-state index < -0.39 is 0 Å². The van der Waals surface area contributed by atoms with Gasteiger partial charge < -0.3 is 5.32 Å². The lowest BCUT2D eigenvalue weighted by atomic mass is 9.95. The number of halogens is 1. The van der Waals surface area contributed by atoms with Gasteiger partial charge in [0.05, 0.1) is 13.1 Å². The van der Waals surface area contributed by atoms with Gasteiger partial charge in [-0.2, -0.15) is 0 Å². The van der Waals surface area contributed by atoms with Crippen LogP contribution in [0.3, 0.4) is 0 Å². The number of amides is 1. The second-order valence-electron chi connectivity index (χ2n) is 5.89. The maximum Gasteiger partial charge on any atom is 0.234 e. The highest BCUT2D eigenvalue weighted by molar-refractivity contribution is 7.09. The molecule has 0 radical (unpaired) electrons. The Hall–Kier alpha value is -1.72. The maximum atomic E-state index is 13.5. The van der Waals surface area contributed by atoms with Crippen LogP contribution in [-0.4, -0.2) is 23.9 Å². The summed E-state index contributed by atoms with van der Waals surface area (Å²) in [5, 5.41) is 4.98. The Balaban J connectivity index is 1.61. The number of likely N-dealkylation sites (tertiary alicyclic amines) is 1. The minimum absolute atomic E-state index is 0.0294. The van der Waals surface area contributed by atoms with Crippen molar-refractivity contribution in [2.45, 2.75) is 31.8 Å². The van der Waals surface area contributed by atoms with E-state index in [1.165, 1.54) is 6.07 Å². The van der Waals surface area contributed by atoms with Gasteiger partial charge in [0, 0.05) is 10.9 Å². The van der Waals surface area contributed by atoms with Crippen molar-refractivity contribution in [2.75, 3.05) is 13.1 Å². The molecular formula is C18H21FN2OS. The number of nitrogens with one attached hydrogen (secondary N) is 1. The van der Waals surface area contributed by atoms with Crippen LogP contribution in [0, 0.1) is 5.82 Å². The van der Waals surface area contributed by atoms with Crippen LogP contribution in [0.25, 0.3) is 0 Å². The molecule has 1 N–H and O–H groups in total. The molecule has 2 heterocycles. The maximum absolute atomic E-state index is 13.5. The Morgan fingerprint density at radius 2 is 2.22 bits per heavy atom. The van der Waals surface area contributed by atoms with E-state index in [1.807, 2.05) is 23.6 Å². The van der Waals surface area contributed by atoms with E-state index in [9.17, 15) is 9.18 Å². The quantitative estimate of drug-likeness (QED) is 0.905. The SMILES string of the molecule is O=C(CN1CCCC[C@H]1c1cccc(F)c1)NCc1cccs1. The van der Waals surface area contributed by atoms with Gasteiger partial charge in [0.25, 0.3) is 0 Å². The predicted molar refractivity (Wildman–Crippen MR) is 90.7 cm³/mol. The van der Waals surface area contributed by atoms with Crippen molar-refractivity contribution >= 4 is 17.2 Å². The Kier molecular flexibility index (Phi) is 5.41. The summed E-state index contributed by atoms with van der Waals surface area (Å²) in [4.78, 5) is 15.5. The smallest absolute Gasteiger partial charge is 0.234 e. The molecule has 1 amide bonds. The van der Waals surface area contributed by atoms with Crippen molar-refractivity contribution in [1.29, 1.82) is 0 Å². The van der Waals surface area contributed by atoms with E-state index in [0.29, 0.717) is 13.1 Å². The first kappa shape index (κ1) is 16.1. The minimum atomic E-state index is -0.213. The number of piperidine rings is 1. The molecule has 1 aromatic carbocycles. The lowest BCUT2D eigenvalue weighted by molar-refractivity contribution is -0.123. The molecule has 0 saturated carbocycles. The second kappa shape index (κ2) is 7.70. The van der Waals surface area contributed by atoms with Crippen LogP contribution >= 0.6 is 11.3 Å². The number of nitrogens with zero attached hydrogens (tertiary/aromatic N) is 1. The molecule has 1 aliphatic rings. The van der Waals surface area contributed by atoms with Crippen molar-refractivity contribution in [1.82, 2.24) is 10.2 Å². The van der Waals surface area contributed by atoms with Gasteiger partial charge in [0.2, 0.25) is 5.91 Å². The molecule has 1 aromatic heterocycles. The van der Waals surface area contributed by atoms with Gasteiger partial charge in [-0.15, -0.1) is 11.3 Å². The Morgan fingerprint density at radius 3 is 3.00 bits per heavy atom. The number of carbonyl (C=O) groups excluding carboxylic acids is 1. The molecule has 0 bridgehead atoms. The lowest BCUT2D eigenvalue weighted by Gasteiger charge is -2.35. The summed E-state index contributed by atoms with van der Waals surface area (Å²) in [6.45, 7) is 1.83. The number of hydrogen-bond acceptors (Lipinski definition) is 3. The van der Waals surface area contributed by atoms with Gasteiger partial charge in [0.1, 0.15) is 5.82 Å². The van der Waals surface area contributed by atoms with Gasteiger partial charge in [-0.05, 0) is 48.5 Å². The molecule has 1 fully saturated rings. The molecule has 1 saturated heterocycles. The van der Waals surface area contributed by atoms with Crippen LogP contribution in [0.15, 0.2) is 41.8 Å². The molecule has 0 spiro atoms. The highest BCUT2D eigenvalue weighted by atomic mass is 32.1. The van der Waals surface area contributed by atoms with Crippen molar-refractivity contribution in [3.8, 4) is 0 Å². The van der Waals surface area contributed by atoms with E-state index in [1.54, 1.807) is 23.5 Å². The van der Waals surface area contributed by atoms with Crippen LogP contribution in [0.2, 0.25) is 0 Å². The molecule has 0 aliphatic carbocycles. The largest absolute Gasteiger partial charge is 0.350 e. The molecule has 23 heavy (non-hydrogen) atoms. The fourth-order valence-corrected chi connectivity index (χ4v) is 3.76. The summed E-state index contributed by atoms with van der Waals surface area (Å²) in [5.41, 5.74) is 0.968. The molecule has 0 unspecified atom stereocenters. The number of rotatable bonds is 5. The van der Waals surface area contributed by atoms with Crippen LogP contribution < -0.4 is 5.32 Å². The number of benzene rings is 1. The first-order valence-corrected chi connectivity index (χ1v) is 8.89. The fraction of sp³-hybridized carbons (Fsp3) is 0.389. The number of thiophene rings is 1. The summed E-state index contributed by atoms with van der Waals surface area (Å²) in [6.07, 6.45) is 3.18. The first-order valence-electron chi connectivity index (χ1n) is 8.01. The van der Waals surface area contributed by atoms with Crippen molar-refractivity contribution in [3.63, 3.8) is 0 Å². The van der Waals surface area contributed by atoms with Crippen LogP contribution in [0.5, 0.6) is 0 Å². The van der Waals surface area contributed by atoms with Crippen LogP contribution in [0.1, 0.15) is 35.7 Å². The highest BCUT2D eigenvalue weighted by Crippen LogP contribution is 2.30. The molecule has 122 valence electrons. The molecule has 3 rings (SSSR count). The van der Waals surface area contributed by atoms with E-state index in [-0.39, 0.29) is 17.8 Å². The van der Waals surface area contributed by atoms with E-state index in [2.05, 4.69) is 10.2 Å². The summed E-state index contributed by atoms with van der Waals surface area (Å²) >= 11 is 1.64. The first-order chi connectivity index (χ1) is 11.2. The van der Waals surface area contributed by atoms with Gasteiger partial charge in [-0.25, -0.2) is 4.39 Å². The summed E-state index contributed by atoms with van der Waals surface area (Å²) in [5.74, 6) is -0.183. The number of hydrogen-bond donors (Lipinski definition) is 1. The zero-order valence-electron chi connectivity index (χ0n) is 13.0. The summed E-state index contributed by atoms with van der Waals surface area (Å²) in [7, 11) is 0. The zero-order valence-corrected chi connectivity index (χ0v) is 13.8. The predicted octanol–water partition coefficient (Wildman–Crippen LogP) is 3.73. The van der Waals surface area contributed by atoms with Gasteiger partial charge in [-0.3, -0.25) is 9.69 Å². The summed E-state index contributed by atoms with van der Waals surface area (Å²) < 4.78 is 13.5. The minimum Gasteiger partial charge on any atom is -0.350 e.